The number of nitrogens with zero attached hydrogens (tertiary/aromatic N) is 5. The molecule has 8 heteroatoms. The number of aryl methyl sites for hydroxylation is 3. The number of imidazole rings is 2. The van der Waals surface area contributed by atoms with Gasteiger partial charge in [-0.3, -0.25) is 23.1 Å². The number of aromatic nitrogens is 5. The van der Waals surface area contributed by atoms with Crippen LogP contribution < -0.4 is 11.2 Å². The van der Waals surface area contributed by atoms with Gasteiger partial charge in [0.05, 0.1) is 6.04 Å². The zero-order chi connectivity index (χ0) is 21.9. The molecule has 0 unspecified atom stereocenters. The predicted octanol–water partition coefficient (Wildman–Crippen LogP) is 2.47. The molecule has 3 heterocycles. The number of hydrogen-bond donors (Lipinski definition) is 0. The molecule has 4 aromatic rings. The summed E-state index contributed by atoms with van der Waals surface area (Å²) in [5, 5.41) is 0. The molecule has 0 saturated carbocycles. The van der Waals surface area contributed by atoms with Crippen LogP contribution in [-0.2, 0) is 18.3 Å². The third-order valence-corrected chi connectivity index (χ3v) is 6.05. The minimum absolute atomic E-state index is 0.254. The van der Waals surface area contributed by atoms with Gasteiger partial charge < -0.3 is 0 Å². The molecule has 0 radical (unpaired) electrons. The monoisotopic (exact) mass is 407 g/mol. The molecular formula is C22H25N5O3. The third kappa shape index (κ3) is 2.59. The average Bonchev–Trinajstić information content (AvgIpc) is 3.22. The van der Waals surface area contributed by atoms with Gasteiger partial charge in [-0.1, -0.05) is 19.1 Å². The second-order valence-electron chi connectivity index (χ2n) is 7.75. The van der Waals surface area contributed by atoms with E-state index >= 15 is 0 Å². The van der Waals surface area contributed by atoms with Crippen LogP contribution in [0.5, 0.6) is 0 Å². The minimum Gasteiger partial charge on any atom is -0.298 e. The summed E-state index contributed by atoms with van der Waals surface area (Å²) in [7, 11) is 1.57. The molecule has 0 bridgehead atoms. The summed E-state index contributed by atoms with van der Waals surface area (Å²) >= 11 is 0. The fraction of sp³-hybridized carbons (Fsp3) is 0.364. The van der Waals surface area contributed by atoms with Gasteiger partial charge in [-0.2, -0.15) is 4.98 Å². The maximum absolute atomic E-state index is 13.3. The number of carbonyl (C=O) groups is 1. The van der Waals surface area contributed by atoms with E-state index in [-0.39, 0.29) is 5.78 Å². The van der Waals surface area contributed by atoms with E-state index in [0.29, 0.717) is 16.9 Å². The zero-order valence-electron chi connectivity index (χ0n) is 18.1. The summed E-state index contributed by atoms with van der Waals surface area (Å²) in [6.45, 7) is 8.94. The van der Waals surface area contributed by atoms with Crippen molar-refractivity contribution < 1.29 is 4.79 Å². The van der Waals surface area contributed by atoms with Crippen LogP contribution in [-0.4, -0.2) is 28.9 Å². The van der Waals surface area contributed by atoms with Crippen molar-refractivity contribution in [2.45, 2.75) is 47.1 Å². The second kappa shape index (κ2) is 6.83. The molecule has 1 atom stereocenters. The highest BCUT2D eigenvalue weighted by atomic mass is 16.2. The Hall–Kier alpha value is -3.42. The highest BCUT2D eigenvalue weighted by Gasteiger charge is 2.25. The Morgan fingerprint density at radius 2 is 1.73 bits per heavy atom. The van der Waals surface area contributed by atoms with E-state index in [0.717, 1.165) is 28.1 Å². The SMILES string of the molecule is CCc1ccc(-n2c(C)c(C)n3c4c(=O)n([C@H](C)C(C)=O)c(=O)n(C)c4nc23)cc1. The van der Waals surface area contributed by atoms with Gasteiger partial charge in [-0.15, -0.1) is 0 Å². The topological polar surface area (TPSA) is 83.3 Å². The molecule has 0 N–H and O–H groups in total. The fourth-order valence-corrected chi connectivity index (χ4v) is 3.93. The van der Waals surface area contributed by atoms with E-state index in [2.05, 4.69) is 24.0 Å². The van der Waals surface area contributed by atoms with Crippen LogP contribution in [0.1, 0.15) is 43.8 Å². The van der Waals surface area contributed by atoms with E-state index in [9.17, 15) is 14.4 Å². The Balaban J connectivity index is 2.15. The van der Waals surface area contributed by atoms with Gasteiger partial charge in [-0.05, 0) is 51.8 Å². The maximum Gasteiger partial charge on any atom is 0.333 e. The molecule has 0 aliphatic carbocycles. The van der Waals surface area contributed by atoms with E-state index in [1.54, 1.807) is 18.4 Å². The molecule has 0 spiro atoms. The highest BCUT2D eigenvalue weighted by Crippen LogP contribution is 2.25. The lowest BCUT2D eigenvalue weighted by Crippen LogP contribution is -2.42. The van der Waals surface area contributed by atoms with Gasteiger partial charge in [0.15, 0.2) is 16.9 Å². The van der Waals surface area contributed by atoms with Gasteiger partial charge in [0.2, 0.25) is 5.78 Å². The van der Waals surface area contributed by atoms with E-state index in [4.69, 9.17) is 0 Å². The van der Waals surface area contributed by atoms with Gasteiger partial charge in [-0.25, -0.2) is 9.36 Å². The molecule has 4 rings (SSSR count). The molecule has 30 heavy (non-hydrogen) atoms. The number of ketones is 1. The molecule has 156 valence electrons. The van der Waals surface area contributed by atoms with Crippen LogP contribution in [0.25, 0.3) is 22.6 Å². The molecule has 0 saturated heterocycles. The Kier molecular flexibility index (Phi) is 4.52. The van der Waals surface area contributed by atoms with Crippen molar-refractivity contribution in [1.29, 1.82) is 0 Å². The largest absolute Gasteiger partial charge is 0.333 e. The van der Waals surface area contributed by atoms with Crippen LogP contribution in [0.15, 0.2) is 33.9 Å². The van der Waals surface area contributed by atoms with Crippen LogP contribution in [0.3, 0.4) is 0 Å². The molecule has 8 nitrogen and oxygen atoms in total. The zero-order valence-corrected chi connectivity index (χ0v) is 18.1. The molecule has 1 aromatic carbocycles. The van der Waals surface area contributed by atoms with Crippen molar-refractivity contribution in [2.75, 3.05) is 0 Å². The number of Topliss-reactive ketones (excluding diaryl/α,β-unsaturated/α-hetero) is 1. The summed E-state index contributed by atoms with van der Waals surface area (Å²) in [6.07, 6.45) is 0.947. The second-order valence-corrected chi connectivity index (χ2v) is 7.75. The van der Waals surface area contributed by atoms with Gasteiger partial charge >= 0.3 is 5.69 Å². The number of hydrogen-bond acceptors (Lipinski definition) is 4. The summed E-state index contributed by atoms with van der Waals surface area (Å²) in [6, 6.07) is 7.34. The first-order valence-corrected chi connectivity index (χ1v) is 10.00. The number of fused-ring (bicyclic) bond motifs is 3. The fourth-order valence-electron chi connectivity index (χ4n) is 3.93. The summed E-state index contributed by atoms with van der Waals surface area (Å²) in [5.74, 6) is 0.306. The molecule has 0 fully saturated rings. The number of rotatable bonds is 4. The first kappa shape index (κ1) is 19.9. The Labute approximate surface area is 173 Å². The van der Waals surface area contributed by atoms with Gasteiger partial charge in [0, 0.05) is 24.1 Å². The quantitative estimate of drug-likeness (QED) is 0.520. The van der Waals surface area contributed by atoms with Crippen molar-refractivity contribution in [3.8, 4) is 5.69 Å². The Morgan fingerprint density at radius 3 is 2.30 bits per heavy atom. The van der Waals surface area contributed by atoms with Crippen molar-refractivity contribution in [1.82, 2.24) is 23.1 Å². The van der Waals surface area contributed by atoms with Crippen LogP contribution in [0.2, 0.25) is 0 Å². The minimum atomic E-state index is -0.851. The van der Waals surface area contributed by atoms with Crippen molar-refractivity contribution in [3.05, 3.63) is 62.1 Å². The lowest BCUT2D eigenvalue weighted by Gasteiger charge is -2.12. The van der Waals surface area contributed by atoms with Crippen LogP contribution in [0, 0.1) is 13.8 Å². The summed E-state index contributed by atoms with van der Waals surface area (Å²) in [4.78, 5) is 42.8. The molecular weight excluding hydrogens is 382 g/mol. The Bertz CT molecular complexity index is 1430. The van der Waals surface area contributed by atoms with E-state index in [1.165, 1.54) is 17.1 Å². The summed E-state index contributed by atoms with van der Waals surface area (Å²) in [5.41, 5.74) is 3.49. The van der Waals surface area contributed by atoms with E-state index < -0.39 is 17.3 Å². The summed E-state index contributed by atoms with van der Waals surface area (Å²) < 4.78 is 6.12. The van der Waals surface area contributed by atoms with Crippen molar-refractivity contribution in [3.63, 3.8) is 0 Å². The Morgan fingerprint density at radius 1 is 1.10 bits per heavy atom. The maximum atomic E-state index is 13.3. The smallest absolute Gasteiger partial charge is 0.298 e. The first-order chi connectivity index (χ1) is 14.2. The van der Waals surface area contributed by atoms with Crippen LogP contribution >= 0.6 is 0 Å². The van der Waals surface area contributed by atoms with Crippen molar-refractivity contribution >= 4 is 22.7 Å². The standard InChI is InChI=1S/C22H25N5O3/c1-7-16-8-10-17(11-9-16)25-12(2)13(3)26-18-19(23-21(25)26)24(6)22(30)27(20(18)29)14(4)15(5)28/h8-11,14H,7H2,1-6H3/t14-/m1/s1. The number of benzene rings is 1. The van der Waals surface area contributed by atoms with Crippen LogP contribution in [0.4, 0.5) is 0 Å². The van der Waals surface area contributed by atoms with Gasteiger partial charge in [0.25, 0.3) is 5.56 Å². The van der Waals surface area contributed by atoms with E-state index in [1.807, 2.05) is 30.5 Å². The molecule has 0 amide bonds. The third-order valence-electron chi connectivity index (χ3n) is 6.05. The molecule has 0 aliphatic rings. The van der Waals surface area contributed by atoms with Crippen molar-refractivity contribution in [2.24, 2.45) is 7.05 Å². The normalized spacial score (nSPS) is 12.7. The van der Waals surface area contributed by atoms with Gasteiger partial charge in [0.1, 0.15) is 0 Å². The average molecular weight is 407 g/mol. The predicted molar refractivity (Wildman–Crippen MR) is 116 cm³/mol. The number of carbonyl (C=O) groups excluding carboxylic acids is 1. The highest BCUT2D eigenvalue weighted by molar-refractivity contribution is 5.81. The lowest BCUT2D eigenvalue weighted by molar-refractivity contribution is -0.119. The molecule has 3 aromatic heterocycles. The first-order valence-electron chi connectivity index (χ1n) is 10.00. The lowest BCUT2D eigenvalue weighted by atomic mass is 10.1. The molecule has 0 aliphatic heterocycles.